The van der Waals surface area contributed by atoms with Gasteiger partial charge in [-0.3, -0.25) is 9.59 Å². The van der Waals surface area contributed by atoms with Gasteiger partial charge in [0.1, 0.15) is 24.7 Å². The Hall–Kier alpha value is -4.70. The summed E-state index contributed by atoms with van der Waals surface area (Å²) in [5, 5.41) is 0. The highest BCUT2D eigenvalue weighted by Gasteiger charge is 2.27. The summed E-state index contributed by atoms with van der Waals surface area (Å²) in [5.41, 5.74) is 6.41. The van der Waals surface area contributed by atoms with E-state index in [2.05, 4.69) is 36.4 Å². The third-order valence-electron chi connectivity index (χ3n) is 8.10. The van der Waals surface area contributed by atoms with Gasteiger partial charge in [0.25, 0.3) is 0 Å². The van der Waals surface area contributed by atoms with Crippen LogP contribution in [-0.4, -0.2) is 24.8 Å². The zero-order valence-electron chi connectivity index (χ0n) is 23.6. The average molecular weight is 555 g/mol. The lowest BCUT2D eigenvalue weighted by atomic mass is 9.80. The van der Waals surface area contributed by atoms with E-state index in [4.69, 9.17) is 9.47 Å². The largest absolute Gasteiger partial charge is 0.490 e. The van der Waals surface area contributed by atoms with Gasteiger partial charge in [0.05, 0.1) is 0 Å². The summed E-state index contributed by atoms with van der Waals surface area (Å²) in [6.07, 6.45) is 6.11. The number of allylic oxidation sites excluding steroid dienone is 4. The summed E-state index contributed by atoms with van der Waals surface area (Å²) < 4.78 is 12.5. The van der Waals surface area contributed by atoms with Crippen molar-refractivity contribution in [1.82, 2.24) is 0 Å². The van der Waals surface area contributed by atoms with Crippen LogP contribution in [0.15, 0.2) is 121 Å². The number of carbonyl (C=O) groups excluding carboxylic acids is 2. The van der Waals surface area contributed by atoms with Crippen LogP contribution in [0.1, 0.15) is 59.8 Å². The fraction of sp³-hybridized carbons (Fsp3) is 0.211. The summed E-state index contributed by atoms with van der Waals surface area (Å²) in [4.78, 5) is 25.4. The minimum atomic E-state index is 0.0613. The van der Waals surface area contributed by atoms with Gasteiger partial charge >= 0.3 is 0 Å². The molecular formula is C38H34O4. The van der Waals surface area contributed by atoms with Gasteiger partial charge in [0.2, 0.25) is 0 Å². The summed E-state index contributed by atoms with van der Waals surface area (Å²) in [6, 6.07) is 36.2. The Bertz CT molecular complexity index is 1490. The third kappa shape index (κ3) is 6.44. The molecule has 0 aliphatic heterocycles. The first kappa shape index (κ1) is 27.5. The van der Waals surface area contributed by atoms with Crippen molar-refractivity contribution in [2.24, 2.45) is 0 Å². The predicted molar refractivity (Wildman–Crippen MR) is 167 cm³/mol. The molecule has 0 fully saturated rings. The lowest BCUT2D eigenvalue weighted by Gasteiger charge is -2.25. The fourth-order valence-corrected chi connectivity index (χ4v) is 6.13. The second-order valence-electron chi connectivity index (χ2n) is 11.0. The van der Waals surface area contributed by atoms with Crippen LogP contribution in [0.2, 0.25) is 0 Å². The molecule has 4 nitrogen and oxygen atoms in total. The van der Waals surface area contributed by atoms with Crippen molar-refractivity contribution in [3.63, 3.8) is 0 Å². The number of ether oxygens (including phenoxy) is 2. The van der Waals surface area contributed by atoms with E-state index in [9.17, 15) is 9.59 Å². The van der Waals surface area contributed by atoms with Crippen LogP contribution < -0.4 is 9.47 Å². The molecule has 4 aromatic carbocycles. The number of rotatable bonds is 9. The van der Waals surface area contributed by atoms with Gasteiger partial charge in [-0.15, -0.1) is 0 Å². The molecule has 0 bridgehead atoms. The number of ketones is 2. The van der Waals surface area contributed by atoms with E-state index in [0.717, 1.165) is 57.7 Å². The first-order chi connectivity index (χ1) is 20.6. The quantitative estimate of drug-likeness (QED) is 0.196. The lowest BCUT2D eigenvalue weighted by Crippen LogP contribution is -2.16. The highest BCUT2D eigenvalue weighted by atomic mass is 16.5. The Morgan fingerprint density at radius 2 is 0.857 bits per heavy atom. The van der Waals surface area contributed by atoms with E-state index >= 15 is 0 Å². The van der Waals surface area contributed by atoms with E-state index in [0.29, 0.717) is 26.1 Å². The van der Waals surface area contributed by atoms with E-state index in [1.807, 2.05) is 72.8 Å². The molecule has 2 aliphatic carbocycles. The number of carbonyl (C=O) groups is 2. The minimum absolute atomic E-state index is 0.0613. The average Bonchev–Trinajstić information content (AvgIpc) is 3.04. The lowest BCUT2D eigenvalue weighted by molar-refractivity contribution is -0.116. The monoisotopic (exact) mass is 554 g/mol. The van der Waals surface area contributed by atoms with Gasteiger partial charge in [-0.25, -0.2) is 0 Å². The third-order valence-corrected chi connectivity index (χ3v) is 8.10. The van der Waals surface area contributed by atoms with Crippen LogP contribution in [-0.2, 0) is 9.59 Å². The van der Waals surface area contributed by atoms with Crippen LogP contribution >= 0.6 is 0 Å². The van der Waals surface area contributed by atoms with Crippen molar-refractivity contribution in [3.05, 3.63) is 144 Å². The van der Waals surface area contributed by atoms with Gasteiger partial charge in [-0.2, -0.15) is 0 Å². The smallest absolute Gasteiger partial charge is 0.156 e. The Morgan fingerprint density at radius 3 is 1.29 bits per heavy atom. The van der Waals surface area contributed by atoms with Gasteiger partial charge < -0.3 is 9.47 Å². The molecule has 0 saturated carbocycles. The van der Waals surface area contributed by atoms with Gasteiger partial charge in [-0.05, 0) is 82.4 Å². The van der Waals surface area contributed by atoms with Crippen LogP contribution in [0, 0.1) is 0 Å². The van der Waals surface area contributed by atoms with E-state index in [-0.39, 0.29) is 23.4 Å². The summed E-state index contributed by atoms with van der Waals surface area (Å²) in [7, 11) is 0. The summed E-state index contributed by atoms with van der Waals surface area (Å²) in [6.45, 7) is 0.734. The van der Waals surface area contributed by atoms with Gasteiger partial charge in [0, 0.05) is 12.8 Å². The molecule has 2 atom stereocenters. The molecule has 6 rings (SSSR count). The van der Waals surface area contributed by atoms with Crippen molar-refractivity contribution in [2.75, 3.05) is 13.2 Å². The first-order valence-corrected chi connectivity index (χ1v) is 14.6. The molecule has 2 unspecified atom stereocenters. The predicted octanol–water partition coefficient (Wildman–Crippen LogP) is 8.20. The molecule has 4 heteroatoms. The zero-order chi connectivity index (χ0) is 28.7. The zero-order valence-corrected chi connectivity index (χ0v) is 23.6. The number of hydrogen-bond acceptors (Lipinski definition) is 4. The molecule has 2 aliphatic rings. The van der Waals surface area contributed by atoms with Crippen molar-refractivity contribution < 1.29 is 19.1 Å². The molecule has 0 aromatic heterocycles. The minimum Gasteiger partial charge on any atom is -0.490 e. The molecule has 0 saturated heterocycles. The Kier molecular flexibility index (Phi) is 8.41. The SMILES string of the molecule is O=C1C=C(c2ccccc2)CC(c2ccccc2OCCOc2ccccc2C2CC(=O)C=C(c3ccccc3)C2)C1. The van der Waals surface area contributed by atoms with Crippen LogP contribution in [0.5, 0.6) is 11.5 Å². The fourth-order valence-electron chi connectivity index (χ4n) is 6.13. The Balaban J connectivity index is 1.11. The molecule has 0 spiro atoms. The number of hydrogen-bond donors (Lipinski definition) is 0. The normalized spacial score (nSPS) is 18.7. The van der Waals surface area contributed by atoms with Crippen LogP contribution in [0.25, 0.3) is 11.1 Å². The maximum atomic E-state index is 12.7. The maximum Gasteiger partial charge on any atom is 0.156 e. The van der Waals surface area contributed by atoms with E-state index in [1.165, 1.54) is 0 Å². The maximum absolute atomic E-state index is 12.7. The molecule has 0 radical (unpaired) electrons. The van der Waals surface area contributed by atoms with Gasteiger partial charge in [0.15, 0.2) is 11.6 Å². The molecule has 42 heavy (non-hydrogen) atoms. The molecular weight excluding hydrogens is 520 g/mol. The highest BCUT2D eigenvalue weighted by molar-refractivity contribution is 6.00. The first-order valence-electron chi connectivity index (χ1n) is 14.6. The number of para-hydroxylation sites is 2. The Morgan fingerprint density at radius 1 is 0.476 bits per heavy atom. The Labute approximate surface area is 247 Å². The van der Waals surface area contributed by atoms with Gasteiger partial charge in [-0.1, -0.05) is 97.1 Å². The van der Waals surface area contributed by atoms with Crippen molar-refractivity contribution in [1.29, 1.82) is 0 Å². The van der Waals surface area contributed by atoms with Crippen molar-refractivity contribution >= 4 is 22.7 Å². The topological polar surface area (TPSA) is 52.6 Å². The molecule has 210 valence electrons. The molecule has 4 aromatic rings. The second kappa shape index (κ2) is 12.9. The van der Waals surface area contributed by atoms with Crippen LogP contribution in [0.4, 0.5) is 0 Å². The van der Waals surface area contributed by atoms with E-state index in [1.54, 1.807) is 12.2 Å². The van der Waals surface area contributed by atoms with Crippen molar-refractivity contribution in [2.45, 2.75) is 37.5 Å². The summed E-state index contributed by atoms with van der Waals surface area (Å²) in [5.74, 6) is 1.99. The number of benzene rings is 4. The molecule has 0 heterocycles. The second-order valence-corrected chi connectivity index (χ2v) is 11.0. The highest BCUT2D eigenvalue weighted by Crippen LogP contribution is 2.41. The standard InChI is InChI=1S/C38H34O4/c39-33-23-29(27-11-3-1-4-12-27)21-31(25-33)35-15-7-9-17-37(35)41-19-20-42-38-18-10-8-16-36(38)32-22-30(24-34(40)26-32)28-13-5-2-6-14-28/h1-18,23-24,31-32H,19-22,25-26H2. The van der Waals surface area contributed by atoms with Crippen molar-refractivity contribution in [3.8, 4) is 11.5 Å². The molecule has 0 N–H and O–H groups in total. The van der Waals surface area contributed by atoms with E-state index < -0.39 is 0 Å². The van der Waals surface area contributed by atoms with Crippen LogP contribution in [0.3, 0.4) is 0 Å². The molecule has 0 amide bonds. The summed E-state index contributed by atoms with van der Waals surface area (Å²) >= 11 is 0.